The summed E-state index contributed by atoms with van der Waals surface area (Å²) in [6.45, 7) is 2.04. The van der Waals surface area contributed by atoms with E-state index in [4.69, 9.17) is 16.2 Å². The summed E-state index contributed by atoms with van der Waals surface area (Å²) in [4.78, 5) is 27.3. The molecule has 5 rings (SSSR count). The van der Waals surface area contributed by atoms with Gasteiger partial charge in [-0.3, -0.25) is 9.88 Å². The Kier molecular flexibility index (Phi) is 6.56. The fourth-order valence-corrected chi connectivity index (χ4v) is 4.29. The van der Waals surface area contributed by atoms with Gasteiger partial charge in [0.15, 0.2) is 11.6 Å². The Balaban J connectivity index is 1.61. The van der Waals surface area contributed by atoms with Crippen molar-refractivity contribution in [2.75, 3.05) is 23.5 Å². The summed E-state index contributed by atoms with van der Waals surface area (Å²) in [6.07, 6.45) is 1.21. The van der Waals surface area contributed by atoms with E-state index in [0.717, 1.165) is 11.1 Å². The van der Waals surface area contributed by atoms with Gasteiger partial charge in [0, 0.05) is 12.6 Å². The van der Waals surface area contributed by atoms with Crippen LogP contribution in [0.4, 0.5) is 26.5 Å². The normalized spacial score (nSPS) is 11.0. The van der Waals surface area contributed by atoms with Gasteiger partial charge in [-0.15, -0.1) is 0 Å². The highest BCUT2D eigenvalue weighted by Crippen LogP contribution is 2.32. The number of carbonyl (C=O) groups excluding carboxylic acids is 1. The van der Waals surface area contributed by atoms with Crippen molar-refractivity contribution in [2.45, 2.75) is 19.9 Å². The standard InChI is InChI=1S/C27H25FN8O2/c1-16-12-13-31-21-20(14-18-10-6-7-11-19(18)28)34-36(22(16)21)26-32-24(29)23(25(30)33-26)35(27(37)38-2)15-17-8-4-3-5-9-17/h3-13H,14-15H2,1-2H3,(H4,29,30,32,33). The van der Waals surface area contributed by atoms with Gasteiger partial charge in [0.25, 0.3) is 5.95 Å². The van der Waals surface area contributed by atoms with Crippen LogP contribution in [0.3, 0.4) is 0 Å². The zero-order chi connectivity index (χ0) is 26.8. The molecule has 10 nitrogen and oxygen atoms in total. The molecule has 3 aromatic heterocycles. The molecule has 5 aromatic rings. The van der Waals surface area contributed by atoms with E-state index in [1.54, 1.807) is 24.4 Å². The SMILES string of the molecule is COC(=O)N(Cc1ccccc1)c1c(N)nc(-n2nc(Cc3ccccc3F)c3nccc(C)c32)nc1N. The molecule has 38 heavy (non-hydrogen) atoms. The smallest absolute Gasteiger partial charge is 0.414 e. The molecule has 2 aromatic carbocycles. The van der Waals surface area contributed by atoms with Gasteiger partial charge in [-0.1, -0.05) is 48.5 Å². The summed E-state index contributed by atoms with van der Waals surface area (Å²) < 4.78 is 20.9. The van der Waals surface area contributed by atoms with Crippen molar-refractivity contribution in [1.29, 1.82) is 0 Å². The van der Waals surface area contributed by atoms with Gasteiger partial charge in [0.1, 0.15) is 17.0 Å². The number of anilines is 3. The number of hydrogen-bond donors (Lipinski definition) is 2. The van der Waals surface area contributed by atoms with Crippen LogP contribution in [-0.2, 0) is 17.7 Å². The Bertz CT molecular complexity index is 1610. The topological polar surface area (TPSA) is 138 Å². The lowest BCUT2D eigenvalue weighted by Crippen LogP contribution is -2.32. The molecule has 192 valence electrons. The van der Waals surface area contributed by atoms with Gasteiger partial charge in [-0.05, 0) is 35.7 Å². The van der Waals surface area contributed by atoms with Crippen LogP contribution in [0.2, 0.25) is 0 Å². The first kappa shape index (κ1) is 24.6. The molecule has 0 spiro atoms. The van der Waals surface area contributed by atoms with Crippen LogP contribution in [0.1, 0.15) is 22.4 Å². The molecule has 0 unspecified atom stereocenters. The van der Waals surface area contributed by atoms with Crippen LogP contribution in [0.15, 0.2) is 66.9 Å². The Morgan fingerprint density at radius 1 is 1.03 bits per heavy atom. The zero-order valence-electron chi connectivity index (χ0n) is 20.8. The van der Waals surface area contributed by atoms with E-state index in [9.17, 15) is 9.18 Å². The zero-order valence-corrected chi connectivity index (χ0v) is 20.8. The minimum atomic E-state index is -0.666. The van der Waals surface area contributed by atoms with Gasteiger partial charge >= 0.3 is 6.09 Å². The van der Waals surface area contributed by atoms with Crippen LogP contribution in [0.25, 0.3) is 17.0 Å². The minimum Gasteiger partial charge on any atom is -0.452 e. The number of carbonyl (C=O) groups is 1. The second-order valence-electron chi connectivity index (χ2n) is 8.64. The molecule has 0 saturated heterocycles. The van der Waals surface area contributed by atoms with Gasteiger partial charge in [0.05, 0.1) is 24.9 Å². The van der Waals surface area contributed by atoms with Crippen LogP contribution >= 0.6 is 0 Å². The molecule has 0 radical (unpaired) electrons. The number of ether oxygens (including phenoxy) is 1. The highest BCUT2D eigenvalue weighted by atomic mass is 19.1. The first-order valence-electron chi connectivity index (χ1n) is 11.8. The molecule has 3 heterocycles. The lowest BCUT2D eigenvalue weighted by molar-refractivity contribution is 0.178. The number of amides is 1. The summed E-state index contributed by atoms with van der Waals surface area (Å²) >= 11 is 0. The first-order valence-corrected chi connectivity index (χ1v) is 11.8. The third-order valence-electron chi connectivity index (χ3n) is 6.11. The predicted octanol–water partition coefficient (Wildman–Crippen LogP) is 4.19. The van der Waals surface area contributed by atoms with Crippen molar-refractivity contribution in [3.05, 3.63) is 95.1 Å². The predicted molar refractivity (Wildman–Crippen MR) is 142 cm³/mol. The number of hydrogen-bond acceptors (Lipinski definition) is 8. The van der Waals surface area contributed by atoms with E-state index < -0.39 is 6.09 Å². The number of nitrogens with two attached hydrogens (primary N) is 2. The Morgan fingerprint density at radius 3 is 2.39 bits per heavy atom. The van der Waals surface area contributed by atoms with Gasteiger partial charge in [-0.2, -0.15) is 19.7 Å². The summed E-state index contributed by atoms with van der Waals surface area (Å²) in [7, 11) is 1.27. The fourth-order valence-electron chi connectivity index (χ4n) is 4.29. The van der Waals surface area contributed by atoms with Gasteiger partial charge in [-0.25, -0.2) is 9.18 Å². The molecule has 4 N–H and O–H groups in total. The minimum absolute atomic E-state index is 0.0327. The number of halogens is 1. The highest BCUT2D eigenvalue weighted by Gasteiger charge is 2.26. The quantitative estimate of drug-likeness (QED) is 0.345. The molecular formula is C27H25FN8O2. The molecule has 0 aliphatic carbocycles. The maximum Gasteiger partial charge on any atom is 0.414 e. The van der Waals surface area contributed by atoms with Crippen LogP contribution < -0.4 is 16.4 Å². The number of nitrogen functional groups attached to an aromatic ring is 2. The Hall–Kier alpha value is -5.06. The molecule has 0 atom stereocenters. The molecule has 0 bridgehead atoms. The molecule has 0 saturated carbocycles. The van der Waals surface area contributed by atoms with E-state index in [2.05, 4.69) is 20.1 Å². The lowest BCUT2D eigenvalue weighted by atomic mass is 10.1. The van der Waals surface area contributed by atoms with E-state index in [1.807, 2.05) is 43.3 Å². The van der Waals surface area contributed by atoms with Crippen molar-refractivity contribution < 1.29 is 13.9 Å². The van der Waals surface area contributed by atoms with Crippen LogP contribution in [0.5, 0.6) is 0 Å². The van der Waals surface area contributed by atoms with Crippen molar-refractivity contribution in [3.8, 4) is 5.95 Å². The second-order valence-corrected chi connectivity index (χ2v) is 8.64. The third kappa shape index (κ3) is 4.57. The van der Waals surface area contributed by atoms with E-state index >= 15 is 0 Å². The van der Waals surface area contributed by atoms with Crippen molar-refractivity contribution >= 4 is 34.4 Å². The van der Waals surface area contributed by atoms with Crippen molar-refractivity contribution in [1.82, 2.24) is 24.7 Å². The number of rotatable bonds is 6. The molecule has 0 aliphatic rings. The van der Waals surface area contributed by atoms with Gasteiger partial charge in [0.2, 0.25) is 0 Å². The number of benzene rings is 2. The summed E-state index contributed by atoms with van der Waals surface area (Å²) in [5.41, 5.74) is 16.8. The number of aromatic nitrogens is 5. The van der Waals surface area contributed by atoms with Crippen LogP contribution in [0, 0.1) is 12.7 Å². The maximum absolute atomic E-state index is 14.4. The van der Waals surface area contributed by atoms with Crippen LogP contribution in [-0.4, -0.2) is 37.9 Å². The molecule has 0 aliphatic heterocycles. The Labute approximate surface area is 217 Å². The van der Waals surface area contributed by atoms with E-state index in [1.165, 1.54) is 22.8 Å². The number of pyridine rings is 1. The number of fused-ring (bicyclic) bond motifs is 1. The second kappa shape index (κ2) is 10.1. The van der Waals surface area contributed by atoms with Crippen molar-refractivity contribution in [3.63, 3.8) is 0 Å². The summed E-state index contributed by atoms with van der Waals surface area (Å²) in [5, 5.41) is 4.68. The summed E-state index contributed by atoms with van der Waals surface area (Å²) in [6, 6.07) is 17.6. The largest absolute Gasteiger partial charge is 0.452 e. The average Bonchev–Trinajstić information content (AvgIpc) is 3.28. The molecule has 1 amide bonds. The fraction of sp³-hybridized carbons (Fsp3) is 0.148. The maximum atomic E-state index is 14.4. The first-order chi connectivity index (χ1) is 18.4. The number of nitrogens with zero attached hydrogens (tertiary/aromatic N) is 6. The molecule has 0 fully saturated rings. The molecular weight excluding hydrogens is 487 g/mol. The highest BCUT2D eigenvalue weighted by molar-refractivity contribution is 5.95. The number of methoxy groups -OCH3 is 1. The monoisotopic (exact) mass is 512 g/mol. The lowest BCUT2D eigenvalue weighted by Gasteiger charge is -2.23. The number of aryl methyl sites for hydroxylation is 1. The van der Waals surface area contributed by atoms with Gasteiger partial charge < -0.3 is 16.2 Å². The van der Waals surface area contributed by atoms with Crippen molar-refractivity contribution in [2.24, 2.45) is 0 Å². The Morgan fingerprint density at radius 2 is 1.71 bits per heavy atom. The molecule has 11 heteroatoms. The third-order valence-corrected chi connectivity index (χ3v) is 6.11. The summed E-state index contributed by atoms with van der Waals surface area (Å²) in [5.74, 6) is -0.309. The average molecular weight is 513 g/mol. The van der Waals surface area contributed by atoms with E-state index in [0.29, 0.717) is 22.3 Å². The van der Waals surface area contributed by atoms with E-state index in [-0.39, 0.29) is 42.1 Å².